The maximum atomic E-state index is 12.5. The molecule has 0 saturated heterocycles. The largest absolute Gasteiger partial charge is 0.416 e. The van der Waals surface area contributed by atoms with E-state index >= 15 is 0 Å². The molecule has 3 rings (SSSR count). The van der Waals surface area contributed by atoms with Gasteiger partial charge in [-0.05, 0) is 41.0 Å². The predicted octanol–water partition coefficient (Wildman–Crippen LogP) is 4.93. The molecule has 3 aromatic rings. The molecule has 1 amide bonds. The van der Waals surface area contributed by atoms with Crippen LogP contribution in [0.5, 0.6) is 0 Å². The fourth-order valence-electron chi connectivity index (χ4n) is 2.66. The Morgan fingerprint density at radius 2 is 1.69 bits per heavy atom. The third-order valence-corrected chi connectivity index (χ3v) is 3.98. The molecule has 0 bridgehead atoms. The quantitative estimate of drug-likeness (QED) is 0.525. The number of hydrogen-bond acceptors (Lipinski definition) is 2. The zero-order valence-corrected chi connectivity index (χ0v) is 13.8. The highest BCUT2D eigenvalue weighted by Gasteiger charge is 2.29. The van der Waals surface area contributed by atoms with E-state index in [0.717, 1.165) is 28.5 Å². The fourth-order valence-corrected chi connectivity index (χ4v) is 2.66. The monoisotopic (exact) mass is 356 g/mol. The maximum absolute atomic E-state index is 12.5. The third kappa shape index (κ3) is 3.74. The number of hydrazone groups is 1. The minimum Gasteiger partial charge on any atom is -0.267 e. The van der Waals surface area contributed by atoms with Gasteiger partial charge in [0.2, 0.25) is 0 Å². The second-order valence-corrected chi connectivity index (χ2v) is 5.80. The number of nitrogens with zero attached hydrogens (tertiary/aromatic N) is 1. The van der Waals surface area contributed by atoms with Gasteiger partial charge in [-0.3, -0.25) is 4.79 Å². The molecular formula is C20H15F3N2O. The van der Waals surface area contributed by atoms with E-state index in [-0.39, 0.29) is 5.91 Å². The second kappa shape index (κ2) is 7.00. The molecule has 0 spiro atoms. The van der Waals surface area contributed by atoms with E-state index in [1.54, 1.807) is 0 Å². The van der Waals surface area contributed by atoms with Crippen molar-refractivity contribution in [2.24, 2.45) is 5.10 Å². The Morgan fingerprint density at radius 1 is 1.00 bits per heavy atom. The molecule has 26 heavy (non-hydrogen) atoms. The number of carbonyl (C=O) groups excluding carboxylic acids is 1. The van der Waals surface area contributed by atoms with E-state index in [4.69, 9.17) is 0 Å². The third-order valence-electron chi connectivity index (χ3n) is 3.98. The van der Waals surface area contributed by atoms with Gasteiger partial charge in [0.05, 0.1) is 17.3 Å². The molecule has 0 heterocycles. The van der Waals surface area contributed by atoms with Crippen LogP contribution in [0.1, 0.15) is 27.0 Å². The smallest absolute Gasteiger partial charge is 0.267 e. The van der Waals surface area contributed by atoms with Crippen molar-refractivity contribution in [2.45, 2.75) is 13.1 Å². The summed E-state index contributed by atoms with van der Waals surface area (Å²) in [5.74, 6) is -0.373. The van der Waals surface area contributed by atoms with Gasteiger partial charge in [0.1, 0.15) is 0 Å². The summed E-state index contributed by atoms with van der Waals surface area (Å²) in [6.07, 6.45) is -3.08. The minimum absolute atomic E-state index is 0.373. The lowest BCUT2D eigenvalue weighted by Crippen LogP contribution is -2.19. The van der Waals surface area contributed by atoms with E-state index in [1.807, 2.05) is 43.3 Å². The van der Waals surface area contributed by atoms with Gasteiger partial charge in [0, 0.05) is 0 Å². The fraction of sp³-hybridized carbons (Fsp3) is 0.100. The number of carbonyl (C=O) groups is 1. The zero-order chi connectivity index (χ0) is 18.7. The Hall–Kier alpha value is -3.15. The number of halogens is 3. The van der Waals surface area contributed by atoms with Crippen molar-refractivity contribution in [3.63, 3.8) is 0 Å². The van der Waals surface area contributed by atoms with Crippen molar-refractivity contribution >= 4 is 22.9 Å². The molecule has 0 fully saturated rings. The van der Waals surface area contributed by atoms with Crippen molar-refractivity contribution < 1.29 is 18.0 Å². The summed E-state index contributed by atoms with van der Waals surface area (Å²) in [4.78, 5) is 12.5. The molecular weight excluding hydrogens is 341 g/mol. The van der Waals surface area contributed by atoms with Crippen molar-refractivity contribution in [1.29, 1.82) is 0 Å². The summed E-state index contributed by atoms with van der Waals surface area (Å²) in [5, 5.41) is 5.61. The molecule has 3 aromatic carbocycles. The molecule has 0 saturated carbocycles. The van der Waals surface area contributed by atoms with Gasteiger partial charge in [-0.15, -0.1) is 0 Å². The van der Waals surface area contributed by atoms with Crippen LogP contribution in [0.2, 0.25) is 0 Å². The van der Waals surface area contributed by atoms with Crippen LogP contribution in [0.3, 0.4) is 0 Å². The van der Waals surface area contributed by atoms with Crippen LogP contribution in [0.15, 0.2) is 65.8 Å². The molecule has 3 nitrogen and oxygen atoms in total. The van der Waals surface area contributed by atoms with Gasteiger partial charge in [-0.1, -0.05) is 48.5 Å². The molecule has 0 aromatic heterocycles. The van der Waals surface area contributed by atoms with E-state index in [2.05, 4.69) is 10.5 Å². The predicted molar refractivity (Wildman–Crippen MR) is 95.2 cm³/mol. The van der Waals surface area contributed by atoms with E-state index in [0.29, 0.717) is 11.1 Å². The van der Waals surface area contributed by atoms with Gasteiger partial charge in [0.25, 0.3) is 5.91 Å². The lowest BCUT2D eigenvalue weighted by Gasteiger charge is -2.08. The summed E-state index contributed by atoms with van der Waals surface area (Å²) in [6.45, 7) is 1.83. The Balaban J connectivity index is 1.77. The molecule has 0 atom stereocenters. The summed E-state index contributed by atoms with van der Waals surface area (Å²) < 4.78 is 37.6. The molecule has 0 aliphatic rings. The molecule has 6 heteroatoms. The van der Waals surface area contributed by atoms with Crippen molar-refractivity contribution in [2.75, 3.05) is 0 Å². The lowest BCUT2D eigenvalue weighted by molar-refractivity contribution is -0.137. The van der Waals surface area contributed by atoms with E-state index in [1.165, 1.54) is 18.3 Å². The Kier molecular flexibility index (Phi) is 4.75. The normalized spacial score (nSPS) is 11.8. The highest BCUT2D eigenvalue weighted by molar-refractivity contribution is 6.08. The highest BCUT2D eigenvalue weighted by Crippen LogP contribution is 2.28. The molecule has 1 N–H and O–H groups in total. The highest BCUT2D eigenvalue weighted by atomic mass is 19.4. The van der Waals surface area contributed by atoms with Crippen LogP contribution < -0.4 is 5.43 Å². The Morgan fingerprint density at radius 3 is 2.38 bits per heavy atom. The number of rotatable bonds is 3. The number of fused-ring (bicyclic) bond motifs is 1. The van der Waals surface area contributed by atoms with Crippen molar-refractivity contribution in [3.8, 4) is 0 Å². The molecule has 0 aliphatic carbocycles. The summed E-state index contributed by atoms with van der Waals surface area (Å²) >= 11 is 0. The topological polar surface area (TPSA) is 41.5 Å². The first-order chi connectivity index (χ1) is 12.4. The van der Waals surface area contributed by atoms with Gasteiger partial charge in [-0.25, -0.2) is 5.43 Å². The molecule has 0 unspecified atom stereocenters. The van der Waals surface area contributed by atoms with E-state index < -0.39 is 11.7 Å². The Labute approximate surface area is 148 Å². The average Bonchev–Trinajstić information content (AvgIpc) is 2.61. The number of aryl methyl sites for hydroxylation is 1. The average molecular weight is 356 g/mol. The van der Waals surface area contributed by atoms with Crippen LogP contribution in [0.25, 0.3) is 10.8 Å². The van der Waals surface area contributed by atoms with Gasteiger partial charge < -0.3 is 0 Å². The minimum atomic E-state index is -4.38. The molecule has 132 valence electrons. The summed E-state index contributed by atoms with van der Waals surface area (Å²) in [7, 11) is 0. The molecule has 0 aliphatic heterocycles. The van der Waals surface area contributed by atoms with Gasteiger partial charge in [0.15, 0.2) is 0 Å². The van der Waals surface area contributed by atoms with Crippen molar-refractivity contribution in [1.82, 2.24) is 5.43 Å². The first-order valence-corrected chi connectivity index (χ1v) is 7.85. The number of amides is 1. The van der Waals surface area contributed by atoms with E-state index in [9.17, 15) is 18.0 Å². The number of alkyl halides is 3. The number of nitrogens with one attached hydrogen (secondary N) is 1. The second-order valence-electron chi connectivity index (χ2n) is 5.80. The standard InChI is InChI=1S/C20H15F3N2O/c1-13-6-9-15-4-2-3-5-17(15)18(13)19(26)25-24-12-14-7-10-16(11-8-14)20(21,22)23/h2-12H,1H3,(H,25,26)/b24-12-. The van der Waals surface area contributed by atoms with Gasteiger partial charge in [-0.2, -0.15) is 18.3 Å². The first-order valence-electron chi connectivity index (χ1n) is 7.85. The van der Waals surface area contributed by atoms with Crippen LogP contribution in [0, 0.1) is 6.92 Å². The van der Waals surface area contributed by atoms with Gasteiger partial charge >= 0.3 is 6.18 Å². The zero-order valence-electron chi connectivity index (χ0n) is 13.8. The summed E-state index contributed by atoms with van der Waals surface area (Å²) in [5.41, 5.74) is 3.49. The van der Waals surface area contributed by atoms with Crippen LogP contribution in [-0.4, -0.2) is 12.1 Å². The van der Waals surface area contributed by atoms with Crippen LogP contribution in [0.4, 0.5) is 13.2 Å². The SMILES string of the molecule is Cc1ccc2ccccc2c1C(=O)N/N=C\c1ccc(C(F)(F)F)cc1. The molecule has 0 radical (unpaired) electrons. The maximum Gasteiger partial charge on any atom is 0.416 e. The number of hydrogen-bond donors (Lipinski definition) is 1. The summed E-state index contributed by atoms with van der Waals surface area (Å²) in [6, 6.07) is 15.8. The van der Waals surface area contributed by atoms with Crippen LogP contribution >= 0.6 is 0 Å². The Bertz CT molecular complexity index is 977. The lowest BCUT2D eigenvalue weighted by atomic mass is 9.99. The van der Waals surface area contributed by atoms with Crippen LogP contribution in [-0.2, 0) is 6.18 Å². The van der Waals surface area contributed by atoms with Crippen molar-refractivity contribution in [3.05, 3.63) is 82.9 Å². The number of benzene rings is 3. The first kappa shape index (κ1) is 17.7.